The highest BCUT2D eigenvalue weighted by molar-refractivity contribution is 7.07. The predicted molar refractivity (Wildman–Crippen MR) is 82.7 cm³/mol. The molecule has 1 aromatic carbocycles. The molecule has 4 heteroatoms. The molecule has 0 saturated carbocycles. The van der Waals surface area contributed by atoms with Crippen molar-refractivity contribution in [2.45, 2.75) is 38.6 Å². The first-order valence-electron chi connectivity index (χ1n) is 6.81. The van der Waals surface area contributed by atoms with E-state index >= 15 is 0 Å². The molecule has 1 aromatic heterocycles. The van der Waals surface area contributed by atoms with Crippen LogP contribution in [0.5, 0.6) is 0 Å². The largest absolute Gasteiger partial charge is 0.311 e. The van der Waals surface area contributed by atoms with Crippen LogP contribution in [0.1, 0.15) is 37.9 Å². The molecule has 1 unspecified atom stereocenters. The Bertz CT molecular complexity index is 514. The van der Waals surface area contributed by atoms with E-state index in [-0.39, 0.29) is 11.4 Å². The summed E-state index contributed by atoms with van der Waals surface area (Å²) >= 11 is 1.61. The van der Waals surface area contributed by atoms with Gasteiger partial charge in [0.05, 0.1) is 11.2 Å². The van der Waals surface area contributed by atoms with Crippen LogP contribution in [0.4, 0.5) is 4.39 Å². The Labute approximate surface area is 124 Å². The van der Waals surface area contributed by atoms with E-state index in [0.29, 0.717) is 5.92 Å². The molecule has 0 bridgehead atoms. The lowest BCUT2D eigenvalue weighted by atomic mass is 9.93. The number of thiazole rings is 1. The zero-order chi connectivity index (χ0) is 14.6. The topological polar surface area (TPSA) is 24.9 Å². The zero-order valence-corrected chi connectivity index (χ0v) is 13.0. The van der Waals surface area contributed by atoms with Crippen LogP contribution in [0.2, 0.25) is 0 Å². The maximum absolute atomic E-state index is 13.1. The molecule has 0 spiro atoms. The maximum Gasteiger partial charge on any atom is 0.123 e. The minimum absolute atomic E-state index is 0.0698. The summed E-state index contributed by atoms with van der Waals surface area (Å²) < 4.78 is 13.1. The molecule has 0 aliphatic rings. The van der Waals surface area contributed by atoms with E-state index in [4.69, 9.17) is 0 Å². The highest BCUT2D eigenvalue weighted by Gasteiger charge is 2.17. The number of hydrogen-bond donors (Lipinski definition) is 1. The van der Waals surface area contributed by atoms with Crippen LogP contribution >= 0.6 is 11.3 Å². The first-order chi connectivity index (χ1) is 9.44. The van der Waals surface area contributed by atoms with E-state index < -0.39 is 0 Å². The normalized spacial score (nSPS) is 13.4. The number of nitrogens with zero attached hydrogens (tertiary/aromatic N) is 1. The van der Waals surface area contributed by atoms with Crippen LogP contribution in [0.3, 0.4) is 0 Å². The van der Waals surface area contributed by atoms with Crippen molar-refractivity contribution in [3.05, 3.63) is 52.2 Å². The van der Waals surface area contributed by atoms with E-state index in [1.54, 1.807) is 11.3 Å². The fourth-order valence-electron chi connectivity index (χ4n) is 2.06. The van der Waals surface area contributed by atoms with Crippen molar-refractivity contribution in [1.82, 2.24) is 10.3 Å². The van der Waals surface area contributed by atoms with Crippen LogP contribution in [-0.4, -0.2) is 17.1 Å². The third-order valence-electron chi connectivity index (χ3n) is 3.16. The molecule has 1 heterocycles. The van der Waals surface area contributed by atoms with Gasteiger partial charge in [-0.05, 0) is 44.9 Å². The molecule has 0 aliphatic heterocycles. The second-order valence-corrected chi connectivity index (χ2v) is 6.78. The van der Waals surface area contributed by atoms with Gasteiger partial charge in [-0.3, -0.25) is 0 Å². The van der Waals surface area contributed by atoms with Crippen molar-refractivity contribution in [1.29, 1.82) is 0 Å². The molecule has 2 rings (SSSR count). The van der Waals surface area contributed by atoms with Crippen molar-refractivity contribution in [3.63, 3.8) is 0 Å². The molecule has 0 radical (unpaired) electrons. The lowest BCUT2D eigenvalue weighted by Gasteiger charge is -2.25. The number of aromatic nitrogens is 1. The highest BCUT2D eigenvalue weighted by Crippen LogP contribution is 2.21. The molecule has 2 nitrogen and oxygen atoms in total. The molecular weight excluding hydrogens is 271 g/mol. The Morgan fingerprint density at radius 1 is 1.25 bits per heavy atom. The Morgan fingerprint density at radius 3 is 2.50 bits per heavy atom. The van der Waals surface area contributed by atoms with Gasteiger partial charge in [0.25, 0.3) is 0 Å². The fraction of sp³-hybridized carbons (Fsp3) is 0.438. The van der Waals surface area contributed by atoms with Gasteiger partial charge in [-0.25, -0.2) is 9.37 Å². The molecule has 108 valence electrons. The monoisotopic (exact) mass is 292 g/mol. The van der Waals surface area contributed by atoms with Crippen LogP contribution in [0.15, 0.2) is 35.2 Å². The summed E-state index contributed by atoms with van der Waals surface area (Å²) in [5.74, 6) is 0.113. The first kappa shape index (κ1) is 15.1. The standard InChI is InChI=1S/C16H21FN2S/c1-16(2,3)19-9-13(8-15-10-20-11-18-15)12-4-6-14(17)7-5-12/h4-7,10-11,13,19H,8-9H2,1-3H3. The van der Waals surface area contributed by atoms with Crippen LogP contribution in [0, 0.1) is 5.82 Å². The van der Waals surface area contributed by atoms with Gasteiger partial charge in [0, 0.05) is 23.4 Å². The van der Waals surface area contributed by atoms with Gasteiger partial charge in [-0.15, -0.1) is 11.3 Å². The van der Waals surface area contributed by atoms with E-state index in [2.05, 4.69) is 36.5 Å². The van der Waals surface area contributed by atoms with Crippen molar-refractivity contribution < 1.29 is 4.39 Å². The van der Waals surface area contributed by atoms with Gasteiger partial charge in [0.2, 0.25) is 0 Å². The number of nitrogens with one attached hydrogen (secondary N) is 1. The number of halogens is 1. The van der Waals surface area contributed by atoms with Gasteiger partial charge in [-0.1, -0.05) is 12.1 Å². The molecule has 0 amide bonds. The number of hydrogen-bond acceptors (Lipinski definition) is 3. The smallest absolute Gasteiger partial charge is 0.123 e. The minimum Gasteiger partial charge on any atom is -0.311 e. The van der Waals surface area contributed by atoms with Gasteiger partial charge in [-0.2, -0.15) is 0 Å². The summed E-state index contributed by atoms with van der Waals surface area (Å²) in [7, 11) is 0. The molecule has 0 aliphatic carbocycles. The Balaban J connectivity index is 2.12. The van der Waals surface area contributed by atoms with Crippen LogP contribution in [-0.2, 0) is 6.42 Å². The molecule has 1 N–H and O–H groups in total. The number of benzene rings is 1. The van der Waals surface area contributed by atoms with Crippen molar-refractivity contribution >= 4 is 11.3 Å². The average Bonchev–Trinajstić information content (AvgIpc) is 2.87. The molecule has 20 heavy (non-hydrogen) atoms. The van der Waals surface area contributed by atoms with Crippen molar-refractivity contribution in [2.24, 2.45) is 0 Å². The lowest BCUT2D eigenvalue weighted by molar-refractivity contribution is 0.404. The molecule has 2 aromatic rings. The summed E-state index contributed by atoms with van der Waals surface area (Å²) in [6, 6.07) is 6.80. The third-order valence-corrected chi connectivity index (χ3v) is 3.79. The Hall–Kier alpha value is -1.26. The third kappa shape index (κ3) is 4.69. The van der Waals surface area contributed by atoms with Crippen molar-refractivity contribution in [2.75, 3.05) is 6.54 Å². The quantitative estimate of drug-likeness (QED) is 0.901. The predicted octanol–water partition coefficient (Wildman–Crippen LogP) is 4.00. The van der Waals surface area contributed by atoms with Crippen molar-refractivity contribution in [3.8, 4) is 0 Å². The lowest BCUT2D eigenvalue weighted by Crippen LogP contribution is -2.39. The van der Waals surface area contributed by atoms with E-state index in [1.165, 1.54) is 12.1 Å². The molecule has 0 saturated heterocycles. The van der Waals surface area contributed by atoms with Gasteiger partial charge in [0.15, 0.2) is 0 Å². The summed E-state index contributed by atoms with van der Waals surface area (Å²) in [4.78, 5) is 4.36. The zero-order valence-electron chi connectivity index (χ0n) is 12.2. The van der Waals surface area contributed by atoms with Gasteiger partial charge < -0.3 is 5.32 Å². The SMILES string of the molecule is CC(C)(C)NCC(Cc1cscn1)c1ccc(F)cc1. The summed E-state index contributed by atoms with van der Waals surface area (Å²) in [6.07, 6.45) is 0.873. The maximum atomic E-state index is 13.1. The second-order valence-electron chi connectivity index (χ2n) is 6.06. The summed E-state index contributed by atoms with van der Waals surface area (Å²) in [5, 5.41) is 5.61. The Kier molecular flexibility index (Phi) is 4.89. The highest BCUT2D eigenvalue weighted by atomic mass is 32.1. The average molecular weight is 292 g/mol. The second kappa shape index (κ2) is 6.46. The van der Waals surface area contributed by atoms with E-state index in [1.807, 2.05) is 17.6 Å². The molecular formula is C16H21FN2S. The Morgan fingerprint density at radius 2 is 1.95 bits per heavy atom. The van der Waals surface area contributed by atoms with E-state index in [9.17, 15) is 4.39 Å². The molecule has 0 fully saturated rings. The van der Waals surface area contributed by atoms with Gasteiger partial charge in [0.1, 0.15) is 5.82 Å². The van der Waals surface area contributed by atoms with Crippen LogP contribution < -0.4 is 5.32 Å². The minimum atomic E-state index is -0.190. The van der Waals surface area contributed by atoms with Gasteiger partial charge >= 0.3 is 0 Å². The van der Waals surface area contributed by atoms with E-state index in [0.717, 1.165) is 24.2 Å². The first-order valence-corrected chi connectivity index (χ1v) is 7.76. The fourth-order valence-corrected chi connectivity index (χ4v) is 2.63. The van der Waals surface area contributed by atoms with Crippen LogP contribution in [0.25, 0.3) is 0 Å². The summed E-state index contributed by atoms with van der Waals surface area (Å²) in [5.41, 5.74) is 4.17. The number of rotatable bonds is 5. The molecule has 1 atom stereocenters. The summed E-state index contributed by atoms with van der Waals surface area (Å²) in [6.45, 7) is 7.30.